The summed E-state index contributed by atoms with van der Waals surface area (Å²) in [5.41, 5.74) is 6.39. The summed E-state index contributed by atoms with van der Waals surface area (Å²) in [5.74, 6) is 0.769. The highest BCUT2D eigenvalue weighted by atomic mass is 35.5. The van der Waals surface area contributed by atoms with Crippen molar-refractivity contribution in [3.05, 3.63) is 41.0 Å². The molecule has 0 saturated carbocycles. The average molecular weight is 241 g/mol. The predicted octanol–water partition coefficient (Wildman–Crippen LogP) is 2.96. The van der Waals surface area contributed by atoms with Crippen molar-refractivity contribution < 1.29 is 4.74 Å². The lowest BCUT2D eigenvalue weighted by Crippen LogP contribution is -1.94. The Hall–Kier alpha value is -1.26. The zero-order valence-electron chi connectivity index (χ0n) is 7.81. The summed E-state index contributed by atoms with van der Waals surface area (Å²) < 4.78 is 9.60. The molecular weight excluding hydrogens is 232 g/mol. The number of nitrogens with zero attached hydrogens (tertiary/aromatic N) is 1. The highest BCUT2D eigenvalue weighted by Gasteiger charge is 2.00. The average Bonchev–Trinajstić information content (AvgIpc) is 2.64. The number of hydrogen-bond donors (Lipinski definition) is 1. The Kier molecular flexibility index (Phi) is 3.08. The van der Waals surface area contributed by atoms with Crippen LogP contribution in [0.25, 0.3) is 0 Å². The van der Waals surface area contributed by atoms with Crippen molar-refractivity contribution in [2.45, 2.75) is 6.61 Å². The Balaban J connectivity index is 1.96. The molecule has 0 fully saturated rings. The van der Waals surface area contributed by atoms with Gasteiger partial charge in [0.15, 0.2) is 0 Å². The molecule has 0 radical (unpaired) electrons. The molecule has 2 N–H and O–H groups in total. The third-order valence-corrected chi connectivity index (χ3v) is 2.68. The largest absolute Gasteiger partial charge is 0.487 e. The first kappa shape index (κ1) is 10.3. The molecule has 5 heteroatoms. The summed E-state index contributed by atoms with van der Waals surface area (Å²) in [7, 11) is 0. The van der Waals surface area contributed by atoms with Gasteiger partial charge in [-0.2, -0.15) is 4.37 Å². The van der Waals surface area contributed by atoms with E-state index in [-0.39, 0.29) is 0 Å². The van der Waals surface area contributed by atoms with E-state index in [0.29, 0.717) is 16.6 Å². The first-order valence-corrected chi connectivity index (χ1v) is 5.48. The van der Waals surface area contributed by atoms with E-state index in [1.165, 1.54) is 11.5 Å². The van der Waals surface area contributed by atoms with Crippen molar-refractivity contribution in [2.24, 2.45) is 0 Å². The topological polar surface area (TPSA) is 48.1 Å². The summed E-state index contributed by atoms with van der Waals surface area (Å²) in [5, 5.41) is 1.39. The van der Waals surface area contributed by atoms with Gasteiger partial charge in [0, 0.05) is 5.02 Å². The second-order valence-corrected chi connectivity index (χ2v) is 4.24. The van der Waals surface area contributed by atoms with Crippen LogP contribution in [0.1, 0.15) is 5.69 Å². The first-order valence-electron chi connectivity index (χ1n) is 4.33. The Bertz CT molecular complexity index is 441. The SMILES string of the molecule is Nc1cc(COc2ccc(Cl)cc2)ns1. The molecule has 1 heterocycles. The van der Waals surface area contributed by atoms with Gasteiger partial charge < -0.3 is 10.5 Å². The second-order valence-electron chi connectivity index (χ2n) is 2.96. The van der Waals surface area contributed by atoms with Gasteiger partial charge in [0.05, 0.1) is 5.69 Å². The normalized spacial score (nSPS) is 10.2. The Morgan fingerprint density at radius 1 is 1.33 bits per heavy atom. The molecule has 0 atom stereocenters. The number of aromatic nitrogens is 1. The van der Waals surface area contributed by atoms with Crippen molar-refractivity contribution in [2.75, 3.05) is 5.73 Å². The van der Waals surface area contributed by atoms with E-state index in [0.717, 1.165) is 11.4 Å². The number of rotatable bonds is 3. The van der Waals surface area contributed by atoms with Gasteiger partial charge in [-0.05, 0) is 41.9 Å². The molecule has 15 heavy (non-hydrogen) atoms. The molecule has 3 nitrogen and oxygen atoms in total. The second kappa shape index (κ2) is 4.51. The van der Waals surface area contributed by atoms with Gasteiger partial charge in [-0.1, -0.05) is 11.6 Å². The third kappa shape index (κ3) is 2.84. The molecule has 0 aliphatic heterocycles. The smallest absolute Gasteiger partial charge is 0.131 e. The van der Waals surface area contributed by atoms with Crippen molar-refractivity contribution in [1.82, 2.24) is 4.37 Å². The maximum Gasteiger partial charge on any atom is 0.131 e. The predicted molar refractivity (Wildman–Crippen MR) is 62.3 cm³/mol. The molecule has 2 aromatic rings. The number of nitrogens with two attached hydrogens (primary N) is 1. The van der Waals surface area contributed by atoms with Crippen molar-refractivity contribution >= 4 is 28.1 Å². The molecule has 0 amide bonds. The van der Waals surface area contributed by atoms with Crippen LogP contribution in [0.15, 0.2) is 30.3 Å². The fourth-order valence-electron chi connectivity index (χ4n) is 1.08. The minimum absolute atomic E-state index is 0.426. The standard InChI is InChI=1S/C10H9ClN2OS/c11-7-1-3-9(4-2-7)14-6-8-5-10(12)15-13-8/h1-5H,6,12H2. The summed E-state index contributed by atoms with van der Waals surface area (Å²) in [6, 6.07) is 9.01. The number of hydrogen-bond acceptors (Lipinski definition) is 4. The minimum atomic E-state index is 0.426. The van der Waals surface area contributed by atoms with Crippen LogP contribution >= 0.6 is 23.1 Å². The van der Waals surface area contributed by atoms with Crippen LogP contribution in [-0.4, -0.2) is 4.37 Å². The number of benzene rings is 1. The number of ether oxygens (including phenoxy) is 1. The molecule has 0 bridgehead atoms. The van der Waals surface area contributed by atoms with Crippen LogP contribution < -0.4 is 10.5 Å². The van der Waals surface area contributed by atoms with Gasteiger partial charge in [-0.25, -0.2) is 0 Å². The number of nitrogen functional groups attached to an aromatic ring is 1. The molecule has 0 unspecified atom stereocenters. The van der Waals surface area contributed by atoms with E-state index in [1.54, 1.807) is 18.2 Å². The van der Waals surface area contributed by atoms with Crippen LogP contribution in [0, 0.1) is 0 Å². The van der Waals surface area contributed by atoms with E-state index in [1.807, 2.05) is 12.1 Å². The summed E-state index contributed by atoms with van der Waals surface area (Å²) in [4.78, 5) is 0. The maximum atomic E-state index is 5.75. The van der Waals surface area contributed by atoms with E-state index in [2.05, 4.69) is 4.37 Å². The van der Waals surface area contributed by atoms with Crippen molar-refractivity contribution in [1.29, 1.82) is 0 Å². The highest BCUT2D eigenvalue weighted by molar-refractivity contribution is 7.10. The molecule has 0 aliphatic carbocycles. The van der Waals surface area contributed by atoms with Crippen molar-refractivity contribution in [3.63, 3.8) is 0 Å². The summed E-state index contributed by atoms with van der Waals surface area (Å²) >= 11 is 7.02. The van der Waals surface area contributed by atoms with E-state index in [4.69, 9.17) is 22.1 Å². The van der Waals surface area contributed by atoms with Crippen LogP contribution in [0.4, 0.5) is 5.00 Å². The molecular formula is C10H9ClN2OS. The zero-order chi connectivity index (χ0) is 10.7. The lowest BCUT2D eigenvalue weighted by molar-refractivity contribution is 0.302. The van der Waals surface area contributed by atoms with Gasteiger partial charge >= 0.3 is 0 Å². The van der Waals surface area contributed by atoms with Gasteiger partial charge in [0.25, 0.3) is 0 Å². The number of halogens is 1. The molecule has 78 valence electrons. The maximum absolute atomic E-state index is 5.75. The van der Waals surface area contributed by atoms with Gasteiger partial charge in [-0.15, -0.1) is 0 Å². The van der Waals surface area contributed by atoms with Crippen LogP contribution in [0.2, 0.25) is 5.02 Å². The van der Waals surface area contributed by atoms with Gasteiger partial charge in [0.2, 0.25) is 0 Å². The lowest BCUT2D eigenvalue weighted by atomic mass is 10.3. The summed E-state index contributed by atoms with van der Waals surface area (Å²) in [6.45, 7) is 0.426. The van der Waals surface area contributed by atoms with E-state index < -0.39 is 0 Å². The molecule has 0 spiro atoms. The summed E-state index contributed by atoms with van der Waals surface area (Å²) in [6.07, 6.45) is 0. The van der Waals surface area contributed by atoms with Gasteiger partial charge in [-0.3, -0.25) is 0 Å². The Labute approximate surface area is 96.6 Å². The quantitative estimate of drug-likeness (QED) is 0.897. The molecule has 1 aromatic heterocycles. The first-order chi connectivity index (χ1) is 7.24. The van der Waals surface area contributed by atoms with Crippen LogP contribution in [0.5, 0.6) is 5.75 Å². The van der Waals surface area contributed by atoms with Crippen LogP contribution in [0.3, 0.4) is 0 Å². The third-order valence-electron chi connectivity index (χ3n) is 1.78. The van der Waals surface area contributed by atoms with E-state index >= 15 is 0 Å². The highest BCUT2D eigenvalue weighted by Crippen LogP contribution is 2.18. The zero-order valence-corrected chi connectivity index (χ0v) is 9.39. The Morgan fingerprint density at radius 3 is 2.67 bits per heavy atom. The van der Waals surface area contributed by atoms with Crippen molar-refractivity contribution in [3.8, 4) is 5.75 Å². The minimum Gasteiger partial charge on any atom is -0.487 e. The molecule has 0 saturated heterocycles. The van der Waals surface area contributed by atoms with Gasteiger partial charge in [0.1, 0.15) is 17.4 Å². The fraction of sp³-hybridized carbons (Fsp3) is 0.100. The molecule has 0 aliphatic rings. The number of anilines is 1. The monoisotopic (exact) mass is 240 g/mol. The lowest BCUT2D eigenvalue weighted by Gasteiger charge is -2.03. The molecule has 1 aromatic carbocycles. The van der Waals surface area contributed by atoms with E-state index in [9.17, 15) is 0 Å². The molecule has 2 rings (SSSR count). The Morgan fingerprint density at radius 2 is 2.07 bits per heavy atom. The van der Waals surface area contributed by atoms with Crippen LogP contribution in [-0.2, 0) is 6.61 Å². The fourth-order valence-corrected chi connectivity index (χ4v) is 1.73.